The van der Waals surface area contributed by atoms with Gasteiger partial charge in [-0.15, -0.1) is 0 Å². The number of aromatic nitrogens is 1. The van der Waals surface area contributed by atoms with Gasteiger partial charge in [-0.3, -0.25) is 4.98 Å². The zero-order valence-electron chi connectivity index (χ0n) is 11.8. The maximum absolute atomic E-state index is 11.4. The van der Waals surface area contributed by atoms with Crippen LogP contribution in [0.1, 0.15) is 41.4 Å². The van der Waals surface area contributed by atoms with Gasteiger partial charge in [-0.2, -0.15) is 0 Å². The summed E-state index contributed by atoms with van der Waals surface area (Å²) in [6, 6.07) is 3.92. The Kier molecular flexibility index (Phi) is 4.27. The predicted octanol–water partition coefficient (Wildman–Crippen LogP) is 1.54. The molecule has 0 aliphatic rings. The van der Waals surface area contributed by atoms with Crippen LogP contribution in [0.25, 0.3) is 11.3 Å². The molecule has 0 aliphatic heterocycles. The largest absolute Gasteiger partial charge is 0.478 e. The molecule has 0 aliphatic carbocycles. The maximum Gasteiger partial charge on any atom is 0.337 e. The summed E-state index contributed by atoms with van der Waals surface area (Å²) in [4.78, 5) is 48.5. The van der Waals surface area contributed by atoms with Gasteiger partial charge in [0.1, 0.15) is 0 Å². The molecule has 0 saturated heterocycles. The van der Waals surface area contributed by atoms with Gasteiger partial charge >= 0.3 is 23.9 Å². The number of carbonyl (C=O) groups is 4. The SMILES string of the molecule is O=C(O)c1ccc(-c2c(C(=O)O)cc(C(=O)O)cc2C(=O)O)nc1. The van der Waals surface area contributed by atoms with E-state index in [2.05, 4.69) is 4.98 Å². The van der Waals surface area contributed by atoms with E-state index in [4.69, 9.17) is 10.2 Å². The van der Waals surface area contributed by atoms with Gasteiger partial charge in [-0.25, -0.2) is 19.2 Å². The quantitative estimate of drug-likeness (QED) is 0.636. The zero-order valence-corrected chi connectivity index (χ0v) is 11.8. The second-order valence-electron chi connectivity index (χ2n) is 4.60. The Hall–Kier alpha value is -3.75. The number of carboxylic acid groups (broad SMARTS) is 4. The van der Waals surface area contributed by atoms with Crippen LogP contribution in [0.3, 0.4) is 0 Å². The number of carboxylic acids is 4. The third-order valence-corrected chi connectivity index (χ3v) is 3.11. The van der Waals surface area contributed by atoms with Crippen molar-refractivity contribution in [2.45, 2.75) is 0 Å². The molecule has 0 bridgehead atoms. The van der Waals surface area contributed by atoms with Gasteiger partial charge in [-0.1, -0.05) is 0 Å². The molecule has 122 valence electrons. The smallest absolute Gasteiger partial charge is 0.337 e. The van der Waals surface area contributed by atoms with Gasteiger partial charge in [0, 0.05) is 11.8 Å². The van der Waals surface area contributed by atoms with Gasteiger partial charge in [-0.05, 0) is 24.3 Å². The molecule has 9 heteroatoms. The number of hydrogen-bond acceptors (Lipinski definition) is 5. The molecule has 1 aromatic carbocycles. The fraction of sp³-hybridized carbons (Fsp3) is 0. The minimum atomic E-state index is -1.54. The van der Waals surface area contributed by atoms with E-state index in [1.807, 2.05) is 0 Å². The minimum absolute atomic E-state index is 0.105. The maximum atomic E-state index is 11.4. The molecule has 0 spiro atoms. The molecule has 2 rings (SSSR count). The second kappa shape index (κ2) is 6.16. The van der Waals surface area contributed by atoms with Crippen LogP contribution in [0.15, 0.2) is 30.5 Å². The topological polar surface area (TPSA) is 162 Å². The number of nitrogens with zero attached hydrogens (tertiary/aromatic N) is 1. The van der Waals surface area contributed by atoms with Crippen molar-refractivity contribution in [1.82, 2.24) is 4.98 Å². The Labute approximate surface area is 133 Å². The molecular formula is C15H9NO8. The van der Waals surface area contributed by atoms with E-state index < -0.39 is 40.6 Å². The second-order valence-corrected chi connectivity index (χ2v) is 4.60. The number of rotatable bonds is 5. The van der Waals surface area contributed by atoms with Crippen molar-refractivity contribution >= 4 is 23.9 Å². The first-order valence-corrected chi connectivity index (χ1v) is 6.30. The highest BCUT2D eigenvalue weighted by molar-refractivity contribution is 6.07. The highest BCUT2D eigenvalue weighted by atomic mass is 16.4. The summed E-state index contributed by atoms with van der Waals surface area (Å²) in [5, 5.41) is 36.4. The summed E-state index contributed by atoms with van der Waals surface area (Å²) in [7, 11) is 0. The molecule has 0 unspecified atom stereocenters. The third kappa shape index (κ3) is 3.04. The molecule has 9 nitrogen and oxygen atoms in total. The molecule has 0 amide bonds. The van der Waals surface area contributed by atoms with Crippen molar-refractivity contribution in [2.24, 2.45) is 0 Å². The summed E-state index contributed by atoms with van der Waals surface area (Å²) >= 11 is 0. The first-order valence-electron chi connectivity index (χ1n) is 6.30. The Morgan fingerprint density at radius 3 is 1.54 bits per heavy atom. The highest BCUT2D eigenvalue weighted by Gasteiger charge is 2.24. The lowest BCUT2D eigenvalue weighted by Gasteiger charge is -2.11. The van der Waals surface area contributed by atoms with Crippen molar-refractivity contribution in [2.75, 3.05) is 0 Å². The lowest BCUT2D eigenvalue weighted by atomic mass is 9.94. The normalized spacial score (nSPS) is 10.2. The van der Waals surface area contributed by atoms with E-state index in [9.17, 15) is 29.4 Å². The van der Waals surface area contributed by atoms with E-state index >= 15 is 0 Å². The van der Waals surface area contributed by atoms with E-state index in [1.165, 1.54) is 0 Å². The first-order chi connectivity index (χ1) is 11.2. The Morgan fingerprint density at radius 1 is 0.708 bits per heavy atom. The van der Waals surface area contributed by atoms with Crippen molar-refractivity contribution < 1.29 is 39.6 Å². The van der Waals surface area contributed by atoms with Crippen LogP contribution in [0.2, 0.25) is 0 Å². The molecule has 0 saturated carbocycles. The third-order valence-electron chi connectivity index (χ3n) is 3.11. The van der Waals surface area contributed by atoms with Crippen LogP contribution in [-0.2, 0) is 0 Å². The van der Waals surface area contributed by atoms with Crippen molar-refractivity contribution in [3.05, 3.63) is 52.7 Å². The summed E-state index contributed by atoms with van der Waals surface area (Å²) in [5.74, 6) is -5.83. The Morgan fingerprint density at radius 2 is 1.21 bits per heavy atom. The van der Waals surface area contributed by atoms with Crippen LogP contribution in [0.4, 0.5) is 0 Å². The molecule has 4 N–H and O–H groups in total. The standard InChI is InChI=1S/C15H9NO8/c17-12(18)6-1-2-10(16-5-6)11-8(14(21)22)3-7(13(19)20)4-9(11)15(23)24/h1-5H,(H,17,18)(H,19,20)(H,21,22)(H,23,24). The van der Waals surface area contributed by atoms with Crippen LogP contribution >= 0.6 is 0 Å². The van der Waals surface area contributed by atoms with Crippen LogP contribution in [0.5, 0.6) is 0 Å². The fourth-order valence-electron chi connectivity index (χ4n) is 2.05. The Bertz CT molecular complexity index is 835. The summed E-state index contributed by atoms with van der Waals surface area (Å²) < 4.78 is 0. The van der Waals surface area contributed by atoms with Gasteiger partial charge in [0.2, 0.25) is 0 Å². The average molecular weight is 331 g/mol. The van der Waals surface area contributed by atoms with Crippen molar-refractivity contribution in [3.8, 4) is 11.3 Å². The number of pyridine rings is 1. The van der Waals surface area contributed by atoms with E-state index in [1.54, 1.807) is 0 Å². The van der Waals surface area contributed by atoms with Crippen molar-refractivity contribution in [1.29, 1.82) is 0 Å². The monoisotopic (exact) mass is 331 g/mol. The molecule has 1 aromatic heterocycles. The molecular weight excluding hydrogens is 322 g/mol. The first kappa shape index (κ1) is 16.6. The minimum Gasteiger partial charge on any atom is -0.478 e. The Balaban J connectivity index is 2.79. The zero-order chi connectivity index (χ0) is 18.0. The van der Waals surface area contributed by atoms with Gasteiger partial charge in [0.15, 0.2) is 0 Å². The lowest BCUT2D eigenvalue weighted by Crippen LogP contribution is -2.11. The van der Waals surface area contributed by atoms with Crippen LogP contribution in [-0.4, -0.2) is 49.3 Å². The highest BCUT2D eigenvalue weighted by Crippen LogP contribution is 2.28. The molecule has 0 radical (unpaired) electrons. The molecule has 0 atom stereocenters. The van der Waals surface area contributed by atoms with Gasteiger partial charge in [0.05, 0.1) is 27.9 Å². The van der Waals surface area contributed by atoms with E-state index in [-0.39, 0.29) is 16.8 Å². The molecule has 2 aromatic rings. The summed E-state index contributed by atoms with van der Waals surface area (Å²) in [6.45, 7) is 0. The number of hydrogen-bond donors (Lipinski definition) is 4. The predicted molar refractivity (Wildman–Crippen MR) is 77.5 cm³/mol. The molecule has 1 heterocycles. The van der Waals surface area contributed by atoms with Crippen LogP contribution in [0, 0.1) is 0 Å². The van der Waals surface area contributed by atoms with Gasteiger partial charge in [0.25, 0.3) is 0 Å². The lowest BCUT2D eigenvalue weighted by molar-refractivity contribution is 0.0679. The fourth-order valence-corrected chi connectivity index (χ4v) is 2.05. The van der Waals surface area contributed by atoms with E-state index in [0.29, 0.717) is 0 Å². The molecule has 0 fully saturated rings. The van der Waals surface area contributed by atoms with E-state index in [0.717, 1.165) is 30.5 Å². The number of benzene rings is 1. The van der Waals surface area contributed by atoms with Crippen molar-refractivity contribution in [3.63, 3.8) is 0 Å². The summed E-state index contributed by atoms with van der Waals surface area (Å²) in [6.07, 6.45) is 0.944. The average Bonchev–Trinajstić information content (AvgIpc) is 2.53. The number of aromatic carboxylic acids is 4. The summed E-state index contributed by atoms with van der Waals surface area (Å²) in [5.41, 5.74) is -2.22. The van der Waals surface area contributed by atoms with Crippen LogP contribution < -0.4 is 0 Å². The molecule has 24 heavy (non-hydrogen) atoms. The van der Waals surface area contributed by atoms with Gasteiger partial charge < -0.3 is 20.4 Å².